The Kier molecular flexibility index (Phi) is 6.52. The summed E-state index contributed by atoms with van der Waals surface area (Å²) in [4.78, 5) is 39.6. The van der Waals surface area contributed by atoms with Crippen LogP contribution in [0, 0.1) is 0 Å². The van der Waals surface area contributed by atoms with Gasteiger partial charge in [0.25, 0.3) is 0 Å². The van der Waals surface area contributed by atoms with Gasteiger partial charge in [-0.1, -0.05) is 18.2 Å². The Labute approximate surface area is 218 Å². The fourth-order valence-corrected chi connectivity index (χ4v) is 4.58. The summed E-state index contributed by atoms with van der Waals surface area (Å²) >= 11 is 0. The summed E-state index contributed by atoms with van der Waals surface area (Å²) in [6.45, 7) is 7.49. The minimum atomic E-state index is -0.798. The predicted molar refractivity (Wildman–Crippen MR) is 140 cm³/mol. The van der Waals surface area contributed by atoms with Crippen LogP contribution in [-0.2, 0) is 15.9 Å². The number of carbonyl (C=O) groups is 2. The van der Waals surface area contributed by atoms with Crippen molar-refractivity contribution in [2.75, 3.05) is 13.2 Å². The van der Waals surface area contributed by atoms with E-state index in [0.29, 0.717) is 22.4 Å². The number of fused-ring (bicyclic) bond motifs is 2. The molecule has 0 spiro atoms. The second kappa shape index (κ2) is 9.81. The van der Waals surface area contributed by atoms with E-state index in [4.69, 9.17) is 18.6 Å². The van der Waals surface area contributed by atoms with Gasteiger partial charge in [0, 0.05) is 11.5 Å². The van der Waals surface area contributed by atoms with E-state index in [2.05, 4.69) is 5.10 Å². The maximum absolute atomic E-state index is 13.3. The van der Waals surface area contributed by atoms with Crippen molar-refractivity contribution >= 4 is 22.9 Å². The SMILES string of the molecule is CCOC(=O)c1c(-c2cc3cc4c(cc3oc2=O)OC(C)(C)CC4)nn(-c2ccccc2)c1C(=O)OCC. The lowest BCUT2D eigenvalue weighted by Crippen LogP contribution is -2.32. The van der Waals surface area contributed by atoms with Gasteiger partial charge in [-0.3, -0.25) is 0 Å². The molecular weight excluding hydrogens is 488 g/mol. The van der Waals surface area contributed by atoms with E-state index in [1.54, 1.807) is 50.2 Å². The van der Waals surface area contributed by atoms with Crippen LogP contribution < -0.4 is 10.4 Å². The van der Waals surface area contributed by atoms with Crippen LogP contribution >= 0.6 is 0 Å². The Morgan fingerprint density at radius 3 is 2.45 bits per heavy atom. The Hall–Kier alpha value is -4.40. The minimum absolute atomic E-state index is 0.0257. The number of aryl methyl sites for hydroxylation is 1. The summed E-state index contributed by atoms with van der Waals surface area (Å²) < 4.78 is 23.6. The number of carbonyl (C=O) groups excluding carboxylic acids is 2. The quantitative estimate of drug-likeness (QED) is 0.257. The van der Waals surface area contributed by atoms with Crippen molar-refractivity contribution < 1.29 is 28.2 Å². The number of hydrogen-bond donors (Lipinski definition) is 0. The summed E-state index contributed by atoms with van der Waals surface area (Å²) in [5.41, 5.74) is 0.515. The van der Waals surface area contributed by atoms with Gasteiger partial charge in [-0.25, -0.2) is 19.1 Å². The molecule has 3 heterocycles. The number of rotatable bonds is 6. The number of benzene rings is 2. The van der Waals surface area contributed by atoms with Gasteiger partial charge < -0.3 is 18.6 Å². The number of aromatic nitrogens is 2. The van der Waals surface area contributed by atoms with E-state index in [0.717, 1.165) is 18.4 Å². The molecule has 5 rings (SSSR count). The molecule has 4 aromatic rings. The van der Waals surface area contributed by atoms with Gasteiger partial charge in [-0.05, 0) is 70.4 Å². The Balaban J connectivity index is 1.76. The first-order valence-corrected chi connectivity index (χ1v) is 12.5. The maximum Gasteiger partial charge on any atom is 0.357 e. The molecule has 0 bridgehead atoms. The predicted octanol–water partition coefficient (Wildman–Crippen LogP) is 5.10. The van der Waals surface area contributed by atoms with Crippen molar-refractivity contribution in [3.05, 3.63) is 75.8 Å². The van der Waals surface area contributed by atoms with Gasteiger partial charge in [0.05, 0.1) is 24.5 Å². The first-order chi connectivity index (χ1) is 18.2. The number of para-hydroxylation sites is 1. The van der Waals surface area contributed by atoms with E-state index in [1.165, 1.54) is 4.68 Å². The number of ether oxygens (including phenoxy) is 3. The summed E-state index contributed by atoms with van der Waals surface area (Å²) in [5.74, 6) is -0.889. The zero-order valence-corrected chi connectivity index (χ0v) is 21.7. The molecule has 2 aromatic heterocycles. The normalized spacial score (nSPS) is 14.0. The van der Waals surface area contributed by atoms with Gasteiger partial charge in [0.2, 0.25) is 0 Å². The van der Waals surface area contributed by atoms with E-state index in [-0.39, 0.29) is 41.3 Å². The van der Waals surface area contributed by atoms with Gasteiger partial charge in [-0.2, -0.15) is 5.10 Å². The van der Waals surface area contributed by atoms with Crippen LogP contribution in [0.4, 0.5) is 0 Å². The second-order valence-electron chi connectivity index (χ2n) is 9.57. The van der Waals surface area contributed by atoms with Crippen LogP contribution in [0.25, 0.3) is 27.9 Å². The highest BCUT2D eigenvalue weighted by atomic mass is 16.5. The van der Waals surface area contributed by atoms with E-state index in [9.17, 15) is 14.4 Å². The molecule has 9 nitrogen and oxygen atoms in total. The molecule has 0 fully saturated rings. The molecule has 0 saturated heterocycles. The number of nitrogens with zero attached hydrogens (tertiary/aromatic N) is 2. The average Bonchev–Trinajstić information content (AvgIpc) is 3.28. The monoisotopic (exact) mass is 516 g/mol. The average molecular weight is 517 g/mol. The third-order valence-corrected chi connectivity index (χ3v) is 6.39. The van der Waals surface area contributed by atoms with Crippen LogP contribution in [0.5, 0.6) is 5.75 Å². The molecule has 0 saturated carbocycles. The fraction of sp³-hybridized carbons (Fsp3) is 0.310. The Bertz CT molecular complexity index is 1600. The summed E-state index contributed by atoms with van der Waals surface area (Å²) in [5, 5.41) is 5.20. The smallest absolute Gasteiger partial charge is 0.357 e. The van der Waals surface area contributed by atoms with Crippen molar-refractivity contribution in [3.63, 3.8) is 0 Å². The molecule has 0 amide bonds. The van der Waals surface area contributed by atoms with Crippen molar-refractivity contribution in [2.24, 2.45) is 0 Å². The first-order valence-electron chi connectivity index (χ1n) is 12.5. The molecule has 1 aliphatic heterocycles. The van der Waals surface area contributed by atoms with Crippen LogP contribution in [-0.4, -0.2) is 40.5 Å². The molecule has 196 valence electrons. The van der Waals surface area contributed by atoms with E-state index < -0.39 is 17.6 Å². The number of esters is 2. The molecule has 0 atom stereocenters. The lowest BCUT2D eigenvalue weighted by atomic mass is 9.93. The van der Waals surface area contributed by atoms with Crippen LogP contribution in [0.1, 0.15) is 60.5 Å². The largest absolute Gasteiger partial charge is 0.487 e. The fourth-order valence-electron chi connectivity index (χ4n) is 4.58. The molecule has 9 heteroatoms. The highest BCUT2D eigenvalue weighted by molar-refractivity contribution is 6.07. The molecule has 1 aliphatic rings. The zero-order chi connectivity index (χ0) is 27.0. The molecule has 38 heavy (non-hydrogen) atoms. The van der Waals surface area contributed by atoms with Gasteiger partial charge in [0.15, 0.2) is 5.69 Å². The molecule has 0 radical (unpaired) electrons. The Morgan fingerprint density at radius 2 is 1.74 bits per heavy atom. The maximum atomic E-state index is 13.3. The van der Waals surface area contributed by atoms with Crippen LogP contribution in [0.3, 0.4) is 0 Å². The topological polar surface area (TPSA) is 110 Å². The standard InChI is InChI=1S/C29H28N2O7/c1-5-35-27(33)23-24(30-31(19-10-8-7-9-11-19)25(23)28(34)36-6-2)20-15-18-14-17-12-13-29(3,4)38-22(17)16-21(18)37-26(20)32/h7-11,14-16H,5-6,12-13H2,1-4H3. The summed E-state index contributed by atoms with van der Waals surface area (Å²) in [6, 6.07) is 14.1. The highest BCUT2D eigenvalue weighted by Gasteiger charge is 2.33. The molecule has 2 aromatic carbocycles. The van der Waals surface area contributed by atoms with Crippen molar-refractivity contribution in [1.82, 2.24) is 9.78 Å². The number of hydrogen-bond acceptors (Lipinski definition) is 8. The summed E-state index contributed by atoms with van der Waals surface area (Å²) in [7, 11) is 0. The Morgan fingerprint density at radius 1 is 1.03 bits per heavy atom. The summed E-state index contributed by atoms with van der Waals surface area (Å²) in [6.07, 6.45) is 1.64. The molecule has 0 aliphatic carbocycles. The van der Waals surface area contributed by atoms with Crippen molar-refractivity contribution in [3.8, 4) is 22.7 Å². The highest BCUT2D eigenvalue weighted by Crippen LogP contribution is 2.37. The van der Waals surface area contributed by atoms with Crippen LogP contribution in [0.2, 0.25) is 0 Å². The van der Waals surface area contributed by atoms with Crippen molar-refractivity contribution in [1.29, 1.82) is 0 Å². The third kappa shape index (κ3) is 4.55. The lowest BCUT2D eigenvalue weighted by Gasteiger charge is -2.32. The van der Waals surface area contributed by atoms with Crippen LogP contribution in [0.15, 0.2) is 57.7 Å². The van der Waals surface area contributed by atoms with Crippen molar-refractivity contribution in [2.45, 2.75) is 46.1 Å². The molecular formula is C29H28N2O7. The molecule has 0 N–H and O–H groups in total. The van der Waals surface area contributed by atoms with Gasteiger partial charge in [-0.15, -0.1) is 0 Å². The molecule has 0 unspecified atom stereocenters. The van der Waals surface area contributed by atoms with E-state index in [1.807, 2.05) is 26.0 Å². The van der Waals surface area contributed by atoms with Gasteiger partial charge in [0.1, 0.15) is 28.2 Å². The zero-order valence-electron chi connectivity index (χ0n) is 21.7. The van der Waals surface area contributed by atoms with Gasteiger partial charge >= 0.3 is 17.6 Å². The second-order valence-corrected chi connectivity index (χ2v) is 9.57. The van der Waals surface area contributed by atoms with E-state index >= 15 is 0 Å². The first kappa shape index (κ1) is 25.3. The third-order valence-electron chi connectivity index (χ3n) is 6.39. The minimum Gasteiger partial charge on any atom is -0.487 e. The lowest BCUT2D eigenvalue weighted by molar-refractivity contribution is 0.0473.